The van der Waals surface area contributed by atoms with E-state index < -0.39 is 30.5 Å². The van der Waals surface area contributed by atoms with Crippen LogP contribution < -0.4 is 16.2 Å². The number of benzene rings is 1. The van der Waals surface area contributed by atoms with Crippen molar-refractivity contribution in [2.24, 2.45) is 0 Å². The number of halogens is 1. The standard InChI is InChI=1S/C22H25ClN6O6S2/c1-36(32,33)28-10-8-17(9-11-28)26-22-25-13-16-4-7-20(31)29(21(16)27-22)14-19(30)24-12-15-2-5-18(6-3-15)37(23,34)35/h2-7,13,17H,8-12,14H2,1H3,(H,24,30)(H,25,26,27). The summed E-state index contributed by atoms with van der Waals surface area (Å²) in [4.78, 5) is 33.9. The minimum Gasteiger partial charge on any atom is -0.351 e. The largest absolute Gasteiger partial charge is 0.351 e. The Morgan fingerprint density at radius 1 is 1.08 bits per heavy atom. The molecule has 15 heteroatoms. The molecule has 1 aromatic carbocycles. The monoisotopic (exact) mass is 568 g/mol. The quantitative estimate of drug-likeness (QED) is 0.376. The smallest absolute Gasteiger partial charge is 0.261 e. The van der Waals surface area contributed by atoms with E-state index in [2.05, 4.69) is 20.6 Å². The summed E-state index contributed by atoms with van der Waals surface area (Å²) in [7, 11) is -1.76. The van der Waals surface area contributed by atoms with Crippen LogP contribution >= 0.6 is 10.7 Å². The minimum absolute atomic E-state index is 0.0391. The average molecular weight is 569 g/mol. The Hall–Kier alpha value is -3.07. The lowest BCUT2D eigenvalue weighted by atomic mass is 10.1. The zero-order valence-corrected chi connectivity index (χ0v) is 22.2. The van der Waals surface area contributed by atoms with E-state index in [0.717, 1.165) is 0 Å². The molecule has 3 heterocycles. The number of carbonyl (C=O) groups excluding carboxylic acids is 1. The maximum Gasteiger partial charge on any atom is 0.261 e. The Labute approximate surface area is 218 Å². The second kappa shape index (κ2) is 10.7. The van der Waals surface area contributed by atoms with Gasteiger partial charge in [-0.15, -0.1) is 0 Å². The summed E-state index contributed by atoms with van der Waals surface area (Å²) >= 11 is 0. The van der Waals surface area contributed by atoms with Crippen molar-refractivity contribution in [1.29, 1.82) is 0 Å². The summed E-state index contributed by atoms with van der Waals surface area (Å²) in [5, 5.41) is 6.47. The van der Waals surface area contributed by atoms with Crippen LogP contribution in [0.4, 0.5) is 5.95 Å². The zero-order valence-electron chi connectivity index (χ0n) is 19.8. The second-order valence-corrected chi connectivity index (χ2v) is 13.2. The predicted molar refractivity (Wildman–Crippen MR) is 138 cm³/mol. The van der Waals surface area contributed by atoms with Crippen molar-refractivity contribution in [1.82, 2.24) is 24.2 Å². The van der Waals surface area contributed by atoms with Gasteiger partial charge in [-0.1, -0.05) is 12.1 Å². The van der Waals surface area contributed by atoms with E-state index in [1.807, 2.05) is 0 Å². The van der Waals surface area contributed by atoms with Gasteiger partial charge in [0.25, 0.3) is 14.6 Å². The molecule has 1 amide bonds. The lowest BCUT2D eigenvalue weighted by Crippen LogP contribution is -2.42. The lowest BCUT2D eigenvalue weighted by Gasteiger charge is -2.30. The topological polar surface area (TPSA) is 160 Å². The molecule has 12 nitrogen and oxygen atoms in total. The number of hydrogen-bond acceptors (Lipinski definition) is 9. The molecular formula is C22H25ClN6O6S2. The van der Waals surface area contributed by atoms with Gasteiger partial charge in [0.05, 0.1) is 11.2 Å². The van der Waals surface area contributed by atoms with Gasteiger partial charge in [0.15, 0.2) is 0 Å². The predicted octanol–water partition coefficient (Wildman–Crippen LogP) is 0.871. The molecular weight excluding hydrogens is 544 g/mol. The van der Waals surface area contributed by atoms with Crippen LogP contribution in [0.3, 0.4) is 0 Å². The molecule has 2 aromatic heterocycles. The molecule has 0 bridgehead atoms. The van der Waals surface area contributed by atoms with Crippen molar-refractivity contribution < 1.29 is 21.6 Å². The highest BCUT2D eigenvalue weighted by atomic mass is 35.7. The van der Waals surface area contributed by atoms with Crippen molar-refractivity contribution in [3.63, 3.8) is 0 Å². The number of nitrogens with zero attached hydrogens (tertiary/aromatic N) is 4. The Morgan fingerprint density at radius 2 is 1.76 bits per heavy atom. The van der Waals surface area contributed by atoms with Crippen molar-refractivity contribution in [3.05, 3.63) is 58.5 Å². The van der Waals surface area contributed by atoms with E-state index in [0.29, 0.717) is 36.9 Å². The van der Waals surface area contributed by atoms with Crippen molar-refractivity contribution in [2.45, 2.75) is 36.9 Å². The molecule has 1 fully saturated rings. The Kier molecular flexibility index (Phi) is 7.83. The Balaban J connectivity index is 1.44. The van der Waals surface area contributed by atoms with Gasteiger partial charge in [-0.2, -0.15) is 4.98 Å². The van der Waals surface area contributed by atoms with Gasteiger partial charge in [0.1, 0.15) is 12.2 Å². The fourth-order valence-electron chi connectivity index (χ4n) is 3.98. The van der Waals surface area contributed by atoms with Crippen LogP contribution in [0, 0.1) is 0 Å². The van der Waals surface area contributed by atoms with Gasteiger partial charge in [-0.25, -0.2) is 26.1 Å². The van der Waals surface area contributed by atoms with Gasteiger partial charge < -0.3 is 10.6 Å². The number of aromatic nitrogens is 3. The first-order valence-corrected chi connectivity index (χ1v) is 15.4. The van der Waals surface area contributed by atoms with Crippen LogP contribution in [-0.2, 0) is 37.0 Å². The Morgan fingerprint density at radius 3 is 2.38 bits per heavy atom. The van der Waals surface area contributed by atoms with Crippen LogP contribution in [0.2, 0.25) is 0 Å². The molecule has 0 saturated carbocycles. The third-order valence-corrected chi connectivity index (χ3v) is 8.65. The van der Waals surface area contributed by atoms with Crippen LogP contribution in [0.1, 0.15) is 18.4 Å². The van der Waals surface area contributed by atoms with Crippen molar-refractivity contribution in [2.75, 3.05) is 24.7 Å². The first-order chi connectivity index (χ1) is 17.4. The molecule has 198 valence electrons. The molecule has 0 atom stereocenters. The van der Waals surface area contributed by atoms with Gasteiger partial charge >= 0.3 is 0 Å². The summed E-state index contributed by atoms with van der Waals surface area (Å²) in [6, 6.07) is 8.62. The lowest BCUT2D eigenvalue weighted by molar-refractivity contribution is -0.121. The highest BCUT2D eigenvalue weighted by Gasteiger charge is 2.25. The van der Waals surface area contributed by atoms with Crippen LogP contribution in [-0.4, -0.2) is 67.0 Å². The molecule has 1 saturated heterocycles. The molecule has 0 unspecified atom stereocenters. The molecule has 3 aromatic rings. The highest BCUT2D eigenvalue weighted by Crippen LogP contribution is 2.18. The third kappa shape index (κ3) is 6.83. The number of sulfonamides is 1. The van der Waals surface area contributed by atoms with Crippen LogP contribution in [0.5, 0.6) is 0 Å². The molecule has 1 aliphatic rings. The van der Waals surface area contributed by atoms with E-state index in [1.54, 1.807) is 12.3 Å². The van der Waals surface area contributed by atoms with Crippen molar-refractivity contribution in [3.8, 4) is 0 Å². The number of hydrogen-bond donors (Lipinski definition) is 2. The molecule has 37 heavy (non-hydrogen) atoms. The first kappa shape index (κ1) is 27.0. The Bertz CT molecular complexity index is 1580. The third-order valence-electron chi connectivity index (χ3n) is 5.98. The first-order valence-electron chi connectivity index (χ1n) is 11.3. The maximum absolute atomic E-state index is 12.6. The van der Waals surface area contributed by atoms with E-state index in [-0.39, 0.29) is 35.6 Å². The number of carbonyl (C=O) groups is 1. The van der Waals surface area contributed by atoms with E-state index in [9.17, 15) is 26.4 Å². The SMILES string of the molecule is CS(=O)(=O)N1CCC(Nc2ncc3ccc(=O)n(CC(=O)NCc4ccc(S(=O)(=O)Cl)cc4)c3n2)CC1. The average Bonchev–Trinajstić information content (AvgIpc) is 2.84. The van der Waals surface area contributed by atoms with Gasteiger partial charge in [-0.05, 0) is 36.6 Å². The van der Waals surface area contributed by atoms with Gasteiger partial charge in [-0.3, -0.25) is 14.2 Å². The number of fused-ring (bicyclic) bond motifs is 1. The number of pyridine rings is 1. The summed E-state index contributed by atoms with van der Waals surface area (Å²) < 4.78 is 48.8. The number of rotatable bonds is 8. The summed E-state index contributed by atoms with van der Waals surface area (Å²) in [6.07, 6.45) is 3.90. The molecule has 1 aliphatic heterocycles. The number of piperidine rings is 1. The number of nitrogens with one attached hydrogen (secondary N) is 2. The summed E-state index contributed by atoms with van der Waals surface area (Å²) in [6.45, 7) is 0.612. The van der Waals surface area contributed by atoms with Crippen LogP contribution in [0.25, 0.3) is 11.0 Å². The van der Waals surface area contributed by atoms with E-state index in [4.69, 9.17) is 10.7 Å². The minimum atomic E-state index is -3.84. The second-order valence-electron chi connectivity index (χ2n) is 8.67. The summed E-state index contributed by atoms with van der Waals surface area (Å²) in [5.74, 6) is -0.163. The van der Waals surface area contributed by atoms with Crippen LogP contribution in [0.15, 0.2) is 52.3 Å². The van der Waals surface area contributed by atoms with Gasteiger partial charge in [0.2, 0.25) is 21.9 Å². The normalized spacial score (nSPS) is 15.5. The van der Waals surface area contributed by atoms with Gasteiger partial charge in [0, 0.05) is 54.0 Å². The molecule has 0 radical (unpaired) electrons. The van der Waals surface area contributed by atoms with Crippen molar-refractivity contribution >= 4 is 52.6 Å². The zero-order chi connectivity index (χ0) is 26.8. The number of anilines is 1. The fraction of sp³-hybridized carbons (Fsp3) is 0.364. The molecule has 4 rings (SSSR count). The van der Waals surface area contributed by atoms with E-state index in [1.165, 1.54) is 45.5 Å². The molecule has 0 aliphatic carbocycles. The number of amides is 1. The molecule has 2 N–H and O–H groups in total. The summed E-state index contributed by atoms with van der Waals surface area (Å²) in [5.41, 5.74) is 0.522. The van der Waals surface area contributed by atoms with E-state index >= 15 is 0 Å². The maximum atomic E-state index is 12.6. The fourth-order valence-corrected chi connectivity index (χ4v) is 5.62. The highest BCUT2D eigenvalue weighted by molar-refractivity contribution is 8.13. The molecule has 0 spiro atoms.